The number of nitrogens with zero attached hydrogens (tertiary/aromatic N) is 1. The molecule has 0 saturated heterocycles. The van der Waals surface area contributed by atoms with E-state index in [-0.39, 0.29) is 42.0 Å². The number of aliphatic hydroxyl groups excluding tert-OH is 2. The first-order valence-electron chi connectivity index (χ1n) is 11.3. The quantitative estimate of drug-likeness (QED) is 0.351. The van der Waals surface area contributed by atoms with Gasteiger partial charge < -0.3 is 30.3 Å². The van der Waals surface area contributed by atoms with E-state index in [1.165, 1.54) is 12.1 Å². The number of aromatic nitrogens is 1. The maximum absolute atomic E-state index is 13.2. The van der Waals surface area contributed by atoms with Gasteiger partial charge in [0.15, 0.2) is 11.5 Å². The number of phenolic OH excluding ortho intramolecular Hbond substituents is 2. The van der Waals surface area contributed by atoms with Gasteiger partial charge in [-0.15, -0.1) is 0 Å². The van der Waals surface area contributed by atoms with Crippen molar-refractivity contribution in [3.63, 3.8) is 0 Å². The number of rotatable bonds is 7. The lowest BCUT2D eigenvalue weighted by atomic mass is 9.91. The second kappa shape index (κ2) is 8.39. The summed E-state index contributed by atoms with van der Waals surface area (Å²) in [6.07, 6.45) is 1.36. The molecule has 2 aromatic carbocycles. The molecular weight excluding hydrogens is 420 g/mol. The van der Waals surface area contributed by atoms with Gasteiger partial charge in [-0.1, -0.05) is 26.8 Å². The van der Waals surface area contributed by atoms with Crippen LogP contribution in [-0.2, 0) is 22.2 Å². The molecule has 5 N–H and O–H groups in total. The number of amides is 1. The second-order valence-corrected chi connectivity index (χ2v) is 10.1. The standard InChI is InChI=1S/C26H32N2O5/c1-25(2,3)23-11-17-10-19(5-6-20(17)28(23)13-16(14-29)15-30)27-24(33)26(8-9-26)18-4-7-21(31)22(32)12-18/h4-7,10-12,16,29-32H,8-9,13-15H2,1-3H3,(H,27,33). The van der Waals surface area contributed by atoms with Gasteiger partial charge in [0.25, 0.3) is 0 Å². The minimum atomic E-state index is -0.696. The van der Waals surface area contributed by atoms with Crippen molar-refractivity contribution in [3.05, 3.63) is 53.7 Å². The Morgan fingerprint density at radius 2 is 1.73 bits per heavy atom. The molecular formula is C26H32N2O5. The Bertz CT molecular complexity index is 1180. The van der Waals surface area contributed by atoms with Crippen molar-refractivity contribution in [2.75, 3.05) is 18.5 Å². The Morgan fingerprint density at radius 1 is 1.03 bits per heavy atom. The summed E-state index contributed by atoms with van der Waals surface area (Å²) in [5, 5.41) is 42.6. The van der Waals surface area contributed by atoms with Gasteiger partial charge in [-0.25, -0.2) is 0 Å². The number of fused-ring (bicyclic) bond motifs is 1. The number of aliphatic hydroxyl groups is 2. The van der Waals surface area contributed by atoms with Crippen LogP contribution >= 0.6 is 0 Å². The van der Waals surface area contributed by atoms with Crippen LogP contribution in [0.3, 0.4) is 0 Å². The summed E-state index contributed by atoms with van der Waals surface area (Å²) in [6.45, 7) is 6.68. The van der Waals surface area contributed by atoms with Crippen molar-refractivity contribution in [2.45, 2.75) is 51.0 Å². The average molecular weight is 453 g/mol. The van der Waals surface area contributed by atoms with Gasteiger partial charge in [-0.2, -0.15) is 0 Å². The molecule has 1 saturated carbocycles. The van der Waals surface area contributed by atoms with E-state index in [1.54, 1.807) is 6.07 Å². The van der Waals surface area contributed by atoms with E-state index < -0.39 is 5.41 Å². The van der Waals surface area contributed by atoms with Gasteiger partial charge in [0.2, 0.25) is 5.91 Å². The third-order valence-electron chi connectivity index (χ3n) is 6.60. The van der Waals surface area contributed by atoms with Gasteiger partial charge in [0, 0.05) is 53.4 Å². The fourth-order valence-corrected chi connectivity index (χ4v) is 4.44. The number of hydrogen-bond donors (Lipinski definition) is 5. The molecule has 1 aliphatic rings. The number of benzene rings is 2. The van der Waals surface area contributed by atoms with Crippen LogP contribution in [0.25, 0.3) is 10.9 Å². The summed E-state index contributed by atoms with van der Waals surface area (Å²) in [6, 6.07) is 12.4. The highest BCUT2D eigenvalue weighted by molar-refractivity contribution is 6.02. The molecule has 1 aliphatic carbocycles. The van der Waals surface area contributed by atoms with Crippen molar-refractivity contribution < 1.29 is 25.2 Å². The highest BCUT2D eigenvalue weighted by Gasteiger charge is 2.51. The maximum Gasteiger partial charge on any atom is 0.235 e. The Kier molecular flexibility index (Phi) is 5.88. The number of carbonyl (C=O) groups excluding carboxylic acids is 1. The van der Waals surface area contributed by atoms with Gasteiger partial charge in [-0.3, -0.25) is 4.79 Å². The Hall–Kier alpha value is -3.03. The molecule has 1 heterocycles. The predicted molar refractivity (Wildman–Crippen MR) is 128 cm³/mol. The summed E-state index contributed by atoms with van der Waals surface area (Å²) in [7, 11) is 0. The number of anilines is 1. The van der Waals surface area contributed by atoms with Crippen LogP contribution in [0.1, 0.15) is 44.9 Å². The lowest BCUT2D eigenvalue weighted by Gasteiger charge is -2.24. The molecule has 1 amide bonds. The van der Waals surface area contributed by atoms with E-state index >= 15 is 0 Å². The summed E-state index contributed by atoms with van der Waals surface area (Å²) < 4.78 is 2.14. The summed E-state index contributed by atoms with van der Waals surface area (Å²) in [5.74, 6) is -0.821. The molecule has 7 nitrogen and oxygen atoms in total. The molecule has 3 aromatic rings. The van der Waals surface area contributed by atoms with Crippen LogP contribution in [0.15, 0.2) is 42.5 Å². The largest absolute Gasteiger partial charge is 0.504 e. The fourth-order valence-electron chi connectivity index (χ4n) is 4.44. The molecule has 0 atom stereocenters. The SMILES string of the molecule is CC(C)(C)c1cc2cc(NC(=O)C3(c4ccc(O)c(O)c4)CC3)ccc2n1CC(CO)CO. The van der Waals surface area contributed by atoms with Gasteiger partial charge in [0.05, 0.1) is 5.41 Å². The molecule has 33 heavy (non-hydrogen) atoms. The third-order valence-corrected chi connectivity index (χ3v) is 6.60. The maximum atomic E-state index is 13.2. The number of carbonyl (C=O) groups is 1. The topological polar surface area (TPSA) is 115 Å². The normalized spacial score (nSPS) is 15.2. The van der Waals surface area contributed by atoms with Gasteiger partial charge >= 0.3 is 0 Å². The first-order valence-corrected chi connectivity index (χ1v) is 11.3. The van der Waals surface area contributed by atoms with Crippen LogP contribution in [0.5, 0.6) is 11.5 Å². The molecule has 4 rings (SSSR count). The average Bonchev–Trinajstić information content (AvgIpc) is 3.50. The van der Waals surface area contributed by atoms with E-state index in [4.69, 9.17) is 0 Å². The van der Waals surface area contributed by atoms with Crippen LogP contribution in [-0.4, -0.2) is 44.1 Å². The summed E-state index contributed by atoms with van der Waals surface area (Å²) >= 11 is 0. The van der Waals surface area contributed by atoms with E-state index in [2.05, 4.69) is 36.7 Å². The number of hydrogen-bond acceptors (Lipinski definition) is 5. The highest BCUT2D eigenvalue weighted by Crippen LogP contribution is 2.50. The molecule has 0 radical (unpaired) electrons. The third kappa shape index (κ3) is 4.30. The van der Waals surface area contributed by atoms with E-state index in [0.29, 0.717) is 30.6 Å². The zero-order valence-electron chi connectivity index (χ0n) is 19.3. The smallest absolute Gasteiger partial charge is 0.235 e. The van der Waals surface area contributed by atoms with Crippen molar-refractivity contribution in [1.82, 2.24) is 4.57 Å². The van der Waals surface area contributed by atoms with Crippen molar-refractivity contribution in [1.29, 1.82) is 0 Å². The summed E-state index contributed by atoms with van der Waals surface area (Å²) in [5.41, 5.74) is 2.60. The Morgan fingerprint density at radius 3 is 2.30 bits per heavy atom. The van der Waals surface area contributed by atoms with Crippen LogP contribution < -0.4 is 5.32 Å². The van der Waals surface area contributed by atoms with E-state index in [1.807, 2.05) is 18.2 Å². The van der Waals surface area contributed by atoms with Crippen molar-refractivity contribution in [2.24, 2.45) is 5.92 Å². The first kappa shape index (κ1) is 23.1. The van der Waals surface area contributed by atoms with Gasteiger partial charge in [0.1, 0.15) is 0 Å². The zero-order chi connectivity index (χ0) is 24.0. The minimum absolute atomic E-state index is 0.0944. The first-order chi connectivity index (χ1) is 15.6. The second-order valence-electron chi connectivity index (χ2n) is 10.1. The lowest BCUT2D eigenvalue weighted by Crippen LogP contribution is -2.27. The van der Waals surface area contributed by atoms with Crippen LogP contribution in [0, 0.1) is 5.92 Å². The van der Waals surface area contributed by atoms with Crippen LogP contribution in [0.4, 0.5) is 5.69 Å². The molecule has 176 valence electrons. The number of phenols is 2. The van der Waals surface area contributed by atoms with Crippen molar-refractivity contribution in [3.8, 4) is 11.5 Å². The summed E-state index contributed by atoms with van der Waals surface area (Å²) in [4.78, 5) is 13.2. The molecule has 0 unspecified atom stereocenters. The molecule has 7 heteroatoms. The Labute approximate surface area is 193 Å². The zero-order valence-corrected chi connectivity index (χ0v) is 19.3. The van der Waals surface area contributed by atoms with E-state index in [0.717, 1.165) is 16.6 Å². The number of nitrogens with one attached hydrogen (secondary N) is 1. The molecule has 0 spiro atoms. The Balaban J connectivity index is 1.64. The van der Waals surface area contributed by atoms with Gasteiger partial charge in [-0.05, 0) is 54.8 Å². The van der Waals surface area contributed by atoms with Crippen molar-refractivity contribution >= 4 is 22.5 Å². The number of aromatic hydroxyl groups is 2. The molecule has 0 bridgehead atoms. The van der Waals surface area contributed by atoms with E-state index in [9.17, 15) is 25.2 Å². The fraction of sp³-hybridized carbons (Fsp3) is 0.423. The highest BCUT2D eigenvalue weighted by atomic mass is 16.3. The monoisotopic (exact) mass is 452 g/mol. The molecule has 1 aromatic heterocycles. The lowest BCUT2D eigenvalue weighted by molar-refractivity contribution is -0.118. The predicted octanol–water partition coefficient (Wildman–Crippen LogP) is 3.62. The minimum Gasteiger partial charge on any atom is -0.504 e. The van der Waals surface area contributed by atoms with Crippen LogP contribution in [0.2, 0.25) is 0 Å². The molecule has 0 aliphatic heterocycles. The molecule has 1 fully saturated rings.